The monoisotopic (exact) mass is 380 g/mol. The molecule has 1 aromatic heterocycles. The Morgan fingerprint density at radius 2 is 1.61 bits per heavy atom. The van der Waals surface area contributed by atoms with E-state index < -0.39 is 0 Å². The zero-order valence-corrected chi connectivity index (χ0v) is 17.7. The first-order valence-electron chi connectivity index (χ1n) is 10.2. The third-order valence-corrected chi connectivity index (χ3v) is 5.41. The number of nitrogens with zero attached hydrogens (tertiary/aromatic N) is 3. The van der Waals surface area contributed by atoms with Gasteiger partial charge in [-0.25, -0.2) is 0 Å². The van der Waals surface area contributed by atoms with Gasteiger partial charge in [-0.1, -0.05) is 45.9 Å². The minimum atomic E-state index is 0.0120. The first kappa shape index (κ1) is 20.3. The minimum absolute atomic E-state index is 0.0120. The molecule has 1 aliphatic rings. The van der Waals surface area contributed by atoms with Crippen LogP contribution in [0.2, 0.25) is 0 Å². The zero-order valence-electron chi connectivity index (χ0n) is 17.7. The third-order valence-electron chi connectivity index (χ3n) is 5.41. The molecule has 1 amide bonds. The second-order valence-corrected chi connectivity index (χ2v) is 8.27. The van der Waals surface area contributed by atoms with Crippen LogP contribution in [0.3, 0.4) is 0 Å². The maximum atomic E-state index is 12.9. The lowest BCUT2D eigenvalue weighted by atomic mass is 9.92. The van der Waals surface area contributed by atoms with Gasteiger partial charge < -0.3 is 15.1 Å². The lowest BCUT2D eigenvalue weighted by molar-refractivity contribution is 0.0658. The van der Waals surface area contributed by atoms with E-state index in [0.717, 1.165) is 37.6 Å². The SMILES string of the molecule is CC(C)c1cccc(C(C)C)c1Nc1ccnc(C(=O)N2CCN(C)CC2)c1. The number of hydrogen-bond donors (Lipinski definition) is 1. The van der Waals surface area contributed by atoms with Crippen LogP contribution in [-0.4, -0.2) is 53.9 Å². The van der Waals surface area contributed by atoms with Crippen molar-refractivity contribution in [2.45, 2.75) is 39.5 Å². The molecule has 5 nitrogen and oxygen atoms in total. The van der Waals surface area contributed by atoms with Crippen molar-refractivity contribution in [1.29, 1.82) is 0 Å². The van der Waals surface area contributed by atoms with Crippen LogP contribution in [0.15, 0.2) is 36.5 Å². The molecule has 0 saturated carbocycles. The van der Waals surface area contributed by atoms with E-state index in [1.54, 1.807) is 6.20 Å². The molecule has 2 heterocycles. The van der Waals surface area contributed by atoms with Gasteiger partial charge in [-0.15, -0.1) is 0 Å². The first-order chi connectivity index (χ1) is 13.4. The Morgan fingerprint density at radius 1 is 1.00 bits per heavy atom. The maximum absolute atomic E-state index is 12.9. The van der Waals surface area contributed by atoms with Gasteiger partial charge in [0.05, 0.1) is 0 Å². The Labute approximate surface area is 168 Å². The van der Waals surface area contributed by atoms with E-state index in [0.29, 0.717) is 17.5 Å². The van der Waals surface area contributed by atoms with Gasteiger partial charge in [-0.05, 0) is 42.1 Å². The number of para-hydroxylation sites is 1. The molecule has 0 spiro atoms. The summed E-state index contributed by atoms with van der Waals surface area (Å²) in [5.41, 5.74) is 5.13. The van der Waals surface area contributed by atoms with Crippen molar-refractivity contribution in [2.75, 3.05) is 38.5 Å². The van der Waals surface area contributed by atoms with Gasteiger partial charge in [0.15, 0.2) is 0 Å². The smallest absolute Gasteiger partial charge is 0.272 e. The lowest BCUT2D eigenvalue weighted by Crippen LogP contribution is -2.47. The molecule has 0 radical (unpaired) electrons. The second-order valence-electron chi connectivity index (χ2n) is 8.27. The average Bonchev–Trinajstić information content (AvgIpc) is 2.68. The number of amides is 1. The molecule has 1 aliphatic heterocycles. The molecule has 0 unspecified atom stereocenters. The Bertz CT molecular complexity index is 797. The van der Waals surface area contributed by atoms with Crippen LogP contribution >= 0.6 is 0 Å². The summed E-state index contributed by atoms with van der Waals surface area (Å²) in [6, 6.07) is 10.3. The van der Waals surface area contributed by atoms with Crippen molar-refractivity contribution >= 4 is 17.3 Å². The zero-order chi connectivity index (χ0) is 20.3. The van der Waals surface area contributed by atoms with Crippen molar-refractivity contribution in [3.8, 4) is 0 Å². The quantitative estimate of drug-likeness (QED) is 0.832. The number of benzene rings is 1. The minimum Gasteiger partial charge on any atom is -0.355 e. The number of hydrogen-bond acceptors (Lipinski definition) is 4. The van der Waals surface area contributed by atoms with Crippen LogP contribution < -0.4 is 5.32 Å². The highest BCUT2D eigenvalue weighted by Crippen LogP contribution is 2.34. The van der Waals surface area contributed by atoms with Crippen molar-refractivity contribution in [3.63, 3.8) is 0 Å². The highest BCUT2D eigenvalue weighted by Gasteiger charge is 2.22. The van der Waals surface area contributed by atoms with Gasteiger partial charge in [-0.2, -0.15) is 0 Å². The van der Waals surface area contributed by atoms with Crippen LogP contribution in [0.5, 0.6) is 0 Å². The summed E-state index contributed by atoms with van der Waals surface area (Å²) < 4.78 is 0. The fourth-order valence-corrected chi connectivity index (χ4v) is 3.64. The number of piperazine rings is 1. The summed E-state index contributed by atoms with van der Waals surface area (Å²) in [5.74, 6) is 0.835. The van der Waals surface area contributed by atoms with E-state index in [-0.39, 0.29) is 5.91 Å². The summed E-state index contributed by atoms with van der Waals surface area (Å²) in [6.45, 7) is 12.1. The van der Waals surface area contributed by atoms with Gasteiger partial charge in [0.1, 0.15) is 5.69 Å². The predicted octanol–water partition coefficient (Wildman–Crippen LogP) is 4.46. The van der Waals surface area contributed by atoms with E-state index in [9.17, 15) is 4.79 Å². The largest absolute Gasteiger partial charge is 0.355 e. The maximum Gasteiger partial charge on any atom is 0.272 e. The van der Waals surface area contributed by atoms with Crippen LogP contribution in [0.1, 0.15) is 61.1 Å². The van der Waals surface area contributed by atoms with E-state index in [1.165, 1.54) is 11.1 Å². The van der Waals surface area contributed by atoms with Crippen LogP contribution in [0.25, 0.3) is 0 Å². The highest BCUT2D eigenvalue weighted by atomic mass is 16.2. The summed E-state index contributed by atoms with van der Waals surface area (Å²) >= 11 is 0. The molecule has 1 fully saturated rings. The Kier molecular flexibility index (Phi) is 6.35. The summed E-state index contributed by atoms with van der Waals surface area (Å²) in [5, 5.41) is 3.59. The molecule has 5 heteroatoms. The number of pyridine rings is 1. The Balaban J connectivity index is 1.87. The van der Waals surface area contributed by atoms with Gasteiger partial charge >= 0.3 is 0 Å². The molecule has 1 aromatic carbocycles. The van der Waals surface area contributed by atoms with Crippen LogP contribution in [-0.2, 0) is 0 Å². The lowest BCUT2D eigenvalue weighted by Gasteiger charge is -2.32. The number of carbonyl (C=O) groups excluding carboxylic acids is 1. The van der Waals surface area contributed by atoms with Gasteiger partial charge in [0.25, 0.3) is 5.91 Å². The number of anilines is 2. The van der Waals surface area contributed by atoms with E-state index in [1.807, 2.05) is 17.0 Å². The molecule has 0 aliphatic carbocycles. The van der Waals surface area contributed by atoms with E-state index in [2.05, 4.69) is 68.1 Å². The second kappa shape index (κ2) is 8.74. The standard InChI is InChI=1S/C23H32N4O/c1-16(2)19-7-6-8-20(17(3)4)22(19)25-18-9-10-24-21(15-18)23(28)27-13-11-26(5)12-14-27/h6-10,15-17H,11-14H2,1-5H3,(H,24,25). The third kappa shape index (κ3) is 4.53. The molecular formula is C23H32N4O. The van der Waals surface area contributed by atoms with Crippen LogP contribution in [0, 0.1) is 0 Å². The average molecular weight is 381 g/mol. The Morgan fingerprint density at radius 3 is 2.18 bits per heavy atom. The Hall–Kier alpha value is -2.40. The molecule has 1 saturated heterocycles. The van der Waals surface area contributed by atoms with Gasteiger partial charge in [-0.3, -0.25) is 9.78 Å². The van der Waals surface area contributed by atoms with Crippen molar-refractivity contribution in [2.24, 2.45) is 0 Å². The first-order valence-corrected chi connectivity index (χ1v) is 10.2. The molecule has 2 aromatic rings. The van der Waals surface area contributed by atoms with Crippen molar-refractivity contribution in [3.05, 3.63) is 53.3 Å². The summed E-state index contributed by atoms with van der Waals surface area (Å²) in [7, 11) is 2.09. The summed E-state index contributed by atoms with van der Waals surface area (Å²) in [4.78, 5) is 21.4. The molecular weight excluding hydrogens is 348 g/mol. The van der Waals surface area contributed by atoms with Crippen molar-refractivity contribution in [1.82, 2.24) is 14.8 Å². The molecule has 1 N–H and O–H groups in total. The molecule has 3 rings (SSSR count). The molecule has 0 atom stereocenters. The predicted molar refractivity (Wildman–Crippen MR) is 116 cm³/mol. The topological polar surface area (TPSA) is 48.5 Å². The number of nitrogens with one attached hydrogen (secondary N) is 1. The summed E-state index contributed by atoms with van der Waals surface area (Å²) in [6.07, 6.45) is 1.72. The van der Waals surface area contributed by atoms with E-state index in [4.69, 9.17) is 0 Å². The number of likely N-dealkylation sites (N-methyl/N-ethyl adjacent to an activating group) is 1. The highest BCUT2D eigenvalue weighted by molar-refractivity contribution is 5.93. The van der Waals surface area contributed by atoms with Crippen molar-refractivity contribution < 1.29 is 4.79 Å². The fourth-order valence-electron chi connectivity index (χ4n) is 3.64. The molecule has 150 valence electrons. The molecule has 0 bridgehead atoms. The van der Waals surface area contributed by atoms with E-state index >= 15 is 0 Å². The van der Waals surface area contributed by atoms with Gasteiger partial charge in [0.2, 0.25) is 0 Å². The number of rotatable bonds is 5. The fraction of sp³-hybridized carbons (Fsp3) is 0.478. The molecule has 28 heavy (non-hydrogen) atoms. The normalized spacial score (nSPS) is 15.3. The van der Waals surface area contributed by atoms with Gasteiger partial charge in [0, 0.05) is 43.8 Å². The number of aromatic nitrogens is 1. The van der Waals surface area contributed by atoms with Crippen LogP contribution in [0.4, 0.5) is 11.4 Å². The number of carbonyl (C=O) groups is 1.